The van der Waals surface area contributed by atoms with Crippen molar-refractivity contribution in [1.29, 1.82) is 0 Å². The van der Waals surface area contributed by atoms with Crippen molar-refractivity contribution >= 4 is 5.91 Å². The van der Waals surface area contributed by atoms with Crippen LogP contribution in [0.15, 0.2) is 67.0 Å². The van der Waals surface area contributed by atoms with Gasteiger partial charge in [-0.2, -0.15) is 0 Å². The molecule has 0 radical (unpaired) electrons. The van der Waals surface area contributed by atoms with Crippen LogP contribution in [0, 0.1) is 5.82 Å². The Labute approximate surface area is 186 Å². The average molecular weight is 436 g/mol. The zero-order valence-corrected chi connectivity index (χ0v) is 17.9. The quantitative estimate of drug-likeness (QED) is 0.529. The van der Waals surface area contributed by atoms with Gasteiger partial charge in [-0.05, 0) is 41.5 Å². The third-order valence-electron chi connectivity index (χ3n) is 5.27. The predicted octanol–water partition coefficient (Wildman–Crippen LogP) is 4.24. The summed E-state index contributed by atoms with van der Waals surface area (Å²) in [5.41, 5.74) is 1.72. The lowest BCUT2D eigenvalue weighted by Gasteiger charge is -2.24. The molecule has 0 spiro atoms. The molecule has 2 heterocycles. The third kappa shape index (κ3) is 5.23. The number of hydrogen-bond acceptors (Lipinski definition) is 5. The Morgan fingerprint density at radius 1 is 1.12 bits per heavy atom. The zero-order valence-electron chi connectivity index (χ0n) is 17.9. The van der Waals surface area contributed by atoms with E-state index in [-0.39, 0.29) is 18.2 Å². The minimum absolute atomic E-state index is 0.000497. The van der Waals surface area contributed by atoms with Gasteiger partial charge in [-0.15, -0.1) is 0 Å². The van der Waals surface area contributed by atoms with Crippen molar-refractivity contribution in [2.45, 2.75) is 25.6 Å². The monoisotopic (exact) mass is 436 g/mol. The fourth-order valence-electron chi connectivity index (χ4n) is 3.63. The minimum atomic E-state index is -0.547. The second-order valence-corrected chi connectivity index (χ2v) is 7.59. The number of rotatable bonds is 8. The number of amides is 1. The first-order valence-electron chi connectivity index (χ1n) is 10.5. The molecule has 1 fully saturated rings. The highest BCUT2D eigenvalue weighted by Gasteiger charge is 2.22. The maximum Gasteiger partial charge on any atom is 0.257 e. The van der Waals surface area contributed by atoms with Crippen molar-refractivity contribution in [3.05, 3.63) is 89.5 Å². The Morgan fingerprint density at radius 3 is 2.69 bits per heavy atom. The van der Waals surface area contributed by atoms with E-state index in [1.807, 2.05) is 30.3 Å². The molecule has 0 bridgehead atoms. The molecular formula is C25H25FN2O4. The number of nitrogens with zero attached hydrogens (tertiary/aromatic N) is 2. The molecule has 0 N–H and O–H groups in total. The van der Waals surface area contributed by atoms with E-state index in [1.165, 1.54) is 12.1 Å². The van der Waals surface area contributed by atoms with Gasteiger partial charge in [-0.3, -0.25) is 9.78 Å². The molecule has 1 saturated heterocycles. The summed E-state index contributed by atoms with van der Waals surface area (Å²) < 4.78 is 31.2. The maximum absolute atomic E-state index is 14.3. The molecule has 1 aliphatic rings. The number of hydrogen-bond donors (Lipinski definition) is 0. The summed E-state index contributed by atoms with van der Waals surface area (Å²) in [7, 11) is 1.58. The summed E-state index contributed by atoms with van der Waals surface area (Å²) in [6, 6.07) is 15.3. The second kappa shape index (κ2) is 10.2. The third-order valence-corrected chi connectivity index (χ3v) is 5.27. The van der Waals surface area contributed by atoms with Gasteiger partial charge in [0.05, 0.1) is 25.9 Å². The highest BCUT2D eigenvalue weighted by molar-refractivity contribution is 5.94. The Morgan fingerprint density at radius 2 is 1.97 bits per heavy atom. The molecular weight excluding hydrogens is 411 g/mol. The summed E-state index contributed by atoms with van der Waals surface area (Å²) in [6.45, 7) is 1.81. The molecule has 1 amide bonds. The second-order valence-electron chi connectivity index (χ2n) is 7.59. The summed E-state index contributed by atoms with van der Waals surface area (Å²) in [5, 5.41) is 0. The van der Waals surface area contributed by atoms with Gasteiger partial charge in [0, 0.05) is 31.9 Å². The van der Waals surface area contributed by atoms with Gasteiger partial charge < -0.3 is 19.1 Å². The van der Waals surface area contributed by atoms with Crippen molar-refractivity contribution in [2.24, 2.45) is 0 Å². The molecule has 7 heteroatoms. The first-order valence-corrected chi connectivity index (χ1v) is 10.5. The van der Waals surface area contributed by atoms with Crippen molar-refractivity contribution in [2.75, 3.05) is 20.3 Å². The van der Waals surface area contributed by atoms with Crippen LogP contribution in [0.5, 0.6) is 11.5 Å². The van der Waals surface area contributed by atoms with Gasteiger partial charge in [-0.25, -0.2) is 4.39 Å². The lowest BCUT2D eigenvalue weighted by atomic mass is 10.1. The van der Waals surface area contributed by atoms with Crippen LogP contribution in [0.3, 0.4) is 0 Å². The molecule has 166 valence electrons. The first kappa shape index (κ1) is 21.8. The molecule has 1 aliphatic heterocycles. The number of ether oxygens (including phenoxy) is 3. The molecule has 1 aromatic heterocycles. The summed E-state index contributed by atoms with van der Waals surface area (Å²) >= 11 is 0. The molecule has 0 aliphatic carbocycles. The summed E-state index contributed by atoms with van der Waals surface area (Å²) in [4.78, 5) is 18.9. The largest absolute Gasteiger partial charge is 0.493 e. The van der Waals surface area contributed by atoms with Gasteiger partial charge in [0.25, 0.3) is 5.91 Å². The number of aromatic nitrogens is 1. The van der Waals surface area contributed by atoms with Crippen LogP contribution in [0.4, 0.5) is 4.39 Å². The lowest BCUT2D eigenvalue weighted by Crippen LogP contribution is -2.31. The number of carbonyl (C=O) groups excluding carboxylic acids is 1. The Bertz CT molecular complexity index is 1050. The fourth-order valence-corrected chi connectivity index (χ4v) is 3.63. The van der Waals surface area contributed by atoms with Crippen LogP contribution in [-0.2, 0) is 17.8 Å². The molecule has 4 rings (SSSR count). The van der Waals surface area contributed by atoms with Crippen LogP contribution >= 0.6 is 0 Å². The lowest BCUT2D eigenvalue weighted by molar-refractivity contribution is 0.0725. The van der Waals surface area contributed by atoms with E-state index in [9.17, 15) is 9.18 Å². The van der Waals surface area contributed by atoms with E-state index >= 15 is 0 Å². The van der Waals surface area contributed by atoms with E-state index in [4.69, 9.17) is 14.2 Å². The van der Waals surface area contributed by atoms with Gasteiger partial charge in [0.2, 0.25) is 0 Å². The van der Waals surface area contributed by atoms with E-state index in [1.54, 1.807) is 36.5 Å². The molecule has 32 heavy (non-hydrogen) atoms. The smallest absolute Gasteiger partial charge is 0.257 e. The molecule has 0 saturated carbocycles. The zero-order chi connectivity index (χ0) is 22.3. The highest BCUT2D eigenvalue weighted by atomic mass is 19.1. The number of carbonyl (C=O) groups is 1. The van der Waals surface area contributed by atoms with Gasteiger partial charge in [0.15, 0.2) is 11.5 Å². The van der Waals surface area contributed by atoms with Gasteiger partial charge in [-0.1, -0.05) is 24.3 Å². The van der Waals surface area contributed by atoms with Gasteiger partial charge >= 0.3 is 0 Å². The fraction of sp³-hybridized carbons (Fsp3) is 0.280. The first-order chi connectivity index (χ1) is 15.6. The standard InChI is InChI=1S/C25H25FN2O4/c1-30-24-13-18(8-9-23(24)32-20-10-12-31-17-20)15-28(16-19-5-4-11-27-14-19)25(29)21-6-2-3-7-22(21)26/h2-9,11,13-14,20H,10,12,15-17H2,1H3/t20-/m0/s1. The van der Waals surface area contributed by atoms with Crippen LogP contribution < -0.4 is 9.47 Å². The van der Waals surface area contributed by atoms with E-state index in [2.05, 4.69) is 4.98 Å². The molecule has 1 atom stereocenters. The van der Waals surface area contributed by atoms with Crippen molar-refractivity contribution in [3.8, 4) is 11.5 Å². The minimum Gasteiger partial charge on any atom is -0.493 e. The summed E-state index contributed by atoms with van der Waals surface area (Å²) in [6.07, 6.45) is 4.20. The highest BCUT2D eigenvalue weighted by Crippen LogP contribution is 2.31. The number of pyridine rings is 1. The topological polar surface area (TPSA) is 60.9 Å². The van der Waals surface area contributed by atoms with Crippen molar-refractivity contribution in [3.63, 3.8) is 0 Å². The van der Waals surface area contributed by atoms with E-state index < -0.39 is 11.7 Å². The normalized spacial score (nSPS) is 15.4. The maximum atomic E-state index is 14.3. The van der Waals surface area contributed by atoms with Gasteiger partial charge in [0.1, 0.15) is 11.9 Å². The number of benzene rings is 2. The Balaban J connectivity index is 1.58. The van der Waals surface area contributed by atoms with Crippen molar-refractivity contribution in [1.82, 2.24) is 9.88 Å². The van der Waals surface area contributed by atoms with E-state index in [0.717, 1.165) is 17.5 Å². The predicted molar refractivity (Wildman–Crippen MR) is 117 cm³/mol. The van der Waals surface area contributed by atoms with Crippen LogP contribution in [0.1, 0.15) is 27.9 Å². The van der Waals surface area contributed by atoms with Crippen LogP contribution in [-0.4, -0.2) is 42.2 Å². The number of methoxy groups -OCH3 is 1. The Kier molecular flexibility index (Phi) is 6.97. The van der Waals surface area contributed by atoms with Crippen LogP contribution in [0.25, 0.3) is 0 Å². The van der Waals surface area contributed by atoms with Crippen molar-refractivity contribution < 1.29 is 23.4 Å². The average Bonchev–Trinajstić information content (AvgIpc) is 3.33. The Hall–Kier alpha value is -3.45. The molecule has 2 aromatic carbocycles. The molecule has 0 unspecified atom stereocenters. The van der Waals surface area contributed by atoms with E-state index in [0.29, 0.717) is 31.3 Å². The van der Waals surface area contributed by atoms with Crippen LogP contribution in [0.2, 0.25) is 0 Å². The number of halogens is 1. The molecule has 3 aromatic rings. The summed E-state index contributed by atoms with van der Waals surface area (Å²) in [5.74, 6) is 0.267. The molecule has 6 nitrogen and oxygen atoms in total. The SMILES string of the molecule is COc1cc(CN(Cc2cccnc2)C(=O)c2ccccc2F)ccc1O[C@H]1CCOC1.